The Morgan fingerprint density at radius 2 is 1.40 bits per heavy atom. The lowest BCUT2D eigenvalue weighted by atomic mass is 10.0. The van der Waals surface area contributed by atoms with Crippen molar-refractivity contribution >= 4 is 16.8 Å². The summed E-state index contributed by atoms with van der Waals surface area (Å²) < 4.78 is 0. The van der Waals surface area contributed by atoms with E-state index in [1.165, 1.54) is 5.56 Å². The summed E-state index contributed by atoms with van der Waals surface area (Å²) in [6.07, 6.45) is 0. The van der Waals surface area contributed by atoms with Crippen LogP contribution >= 0.6 is 0 Å². The number of fused-ring (bicyclic) bond motifs is 1. The highest BCUT2D eigenvalue weighted by Crippen LogP contribution is 2.28. The highest BCUT2D eigenvalue weighted by atomic mass is 16.1. The third kappa shape index (κ3) is 3.29. The molecule has 0 aliphatic rings. The number of aromatic nitrogens is 3. The van der Waals surface area contributed by atoms with Crippen LogP contribution in [0.15, 0.2) is 91.0 Å². The molecule has 0 aliphatic heterocycles. The minimum Gasteiger partial charge on any atom is -0.289 e. The molecule has 0 saturated carbocycles. The van der Waals surface area contributed by atoms with Crippen LogP contribution in [-0.4, -0.2) is 21.0 Å². The summed E-state index contributed by atoms with van der Waals surface area (Å²) in [5, 5.41) is 8.50. The van der Waals surface area contributed by atoms with Gasteiger partial charge in [0.2, 0.25) is 0 Å². The van der Waals surface area contributed by atoms with Crippen LogP contribution in [0.25, 0.3) is 33.5 Å². The molecule has 0 saturated heterocycles. The maximum absolute atomic E-state index is 12.6. The van der Waals surface area contributed by atoms with Gasteiger partial charge in [0.15, 0.2) is 11.4 Å². The van der Waals surface area contributed by atoms with Crippen LogP contribution in [0, 0.1) is 6.92 Å². The molecule has 2 aromatic heterocycles. The van der Waals surface area contributed by atoms with Crippen molar-refractivity contribution in [2.24, 2.45) is 0 Å². The van der Waals surface area contributed by atoms with Crippen molar-refractivity contribution in [3.63, 3.8) is 0 Å². The van der Waals surface area contributed by atoms with Gasteiger partial charge in [-0.15, -0.1) is 0 Å². The number of pyridine rings is 1. The zero-order valence-corrected chi connectivity index (χ0v) is 16.5. The third-order valence-corrected chi connectivity index (χ3v) is 5.23. The largest absolute Gasteiger partial charge is 0.289 e. The Kier molecular flexibility index (Phi) is 4.45. The number of H-pyrrole nitrogens is 1. The fourth-order valence-electron chi connectivity index (χ4n) is 3.55. The Morgan fingerprint density at radius 3 is 2.13 bits per heavy atom. The van der Waals surface area contributed by atoms with Crippen LogP contribution in [0.4, 0.5) is 0 Å². The maximum Gasteiger partial charge on any atom is 0.193 e. The molecule has 2 heterocycles. The normalized spacial score (nSPS) is 11.0. The molecule has 0 aliphatic carbocycles. The van der Waals surface area contributed by atoms with Crippen LogP contribution in [-0.2, 0) is 0 Å². The van der Waals surface area contributed by atoms with E-state index in [2.05, 4.69) is 41.4 Å². The van der Waals surface area contributed by atoms with Crippen LogP contribution in [0.1, 0.15) is 21.5 Å². The minimum absolute atomic E-state index is 0.0156. The molecule has 4 heteroatoms. The molecule has 0 radical (unpaired) electrons. The highest BCUT2D eigenvalue weighted by Gasteiger charge is 2.12. The molecule has 3 aromatic carbocycles. The van der Waals surface area contributed by atoms with Crippen molar-refractivity contribution in [1.82, 2.24) is 15.2 Å². The second-order valence-electron chi connectivity index (χ2n) is 7.30. The van der Waals surface area contributed by atoms with Crippen molar-refractivity contribution in [3.8, 4) is 22.5 Å². The van der Waals surface area contributed by atoms with Gasteiger partial charge in [-0.3, -0.25) is 9.89 Å². The average Bonchev–Trinajstić information content (AvgIpc) is 3.23. The molecule has 5 rings (SSSR count). The summed E-state index contributed by atoms with van der Waals surface area (Å²) in [5.74, 6) is 0.0156. The summed E-state index contributed by atoms with van der Waals surface area (Å²) >= 11 is 0. The molecule has 0 amide bonds. The second kappa shape index (κ2) is 7.41. The number of carbonyl (C=O) groups excluding carboxylic acids is 1. The molecule has 0 unspecified atom stereocenters. The van der Waals surface area contributed by atoms with Crippen molar-refractivity contribution in [3.05, 3.63) is 108 Å². The molecule has 30 heavy (non-hydrogen) atoms. The Hall–Kier alpha value is -4.05. The number of hydrogen-bond donors (Lipinski definition) is 1. The summed E-state index contributed by atoms with van der Waals surface area (Å²) in [7, 11) is 0. The number of carbonyl (C=O) groups is 1. The lowest BCUT2D eigenvalue weighted by Gasteiger charge is -2.05. The number of ketones is 1. The van der Waals surface area contributed by atoms with Gasteiger partial charge in [0.05, 0.1) is 5.69 Å². The molecule has 0 atom stereocenters. The van der Waals surface area contributed by atoms with E-state index in [4.69, 9.17) is 4.98 Å². The summed E-state index contributed by atoms with van der Waals surface area (Å²) in [6.45, 7) is 2.07. The lowest BCUT2D eigenvalue weighted by Crippen LogP contribution is -2.00. The van der Waals surface area contributed by atoms with E-state index in [1.807, 2.05) is 66.7 Å². The topological polar surface area (TPSA) is 58.6 Å². The standard InChI is InChI=1S/C26H19N3O/c1-17-7-9-19(10-8-17)24-22-15-16-23(27-26(22)29-28-24)18-11-13-21(14-12-18)25(30)20-5-3-2-4-6-20/h2-16H,1H3,(H,27,28,29). The Morgan fingerprint density at radius 1 is 0.733 bits per heavy atom. The number of nitrogens with one attached hydrogen (secondary N) is 1. The predicted molar refractivity (Wildman–Crippen MR) is 119 cm³/mol. The first-order valence-corrected chi connectivity index (χ1v) is 9.81. The maximum atomic E-state index is 12.6. The Bertz CT molecular complexity index is 1340. The van der Waals surface area contributed by atoms with Gasteiger partial charge < -0.3 is 0 Å². The van der Waals surface area contributed by atoms with Gasteiger partial charge in [0.25, 0.3) is 0 Å². The summed E-state index contributed by atoms with van der Waals surface area (Å²) in [6, 6.07) is 29.2. The number of nitrogens with zero attached hydrogens (tertiary/aromatic N) is 2. The zero-order valence-electron chi connectivity index (χ0n) is 16.5. The summed E-state index contributed by atoms with van der Waals surface area (Å²) in [4.78, 5) is 17.3. The SMILES string of the molecule is Cc1ccc(-c2n[nH]c3nc(-c4ccc(C(=O)c5ccccc5)cc4)ccc23)cc1. The van der Waals surface area contributed by atoms with Gasteiger partial charge in [-0.05, 0) is 19.1 Å². The first-order valence-electron chi connectivity index (χ1n) is 9.81. The first-order chi connectivity index (χ1) is 14.7. The van der Waals surface area contributed by atoms with Crippen molar-refractivity contribution in [1.29, 1.82) is 0 Å². The van der Waals surface area contributed by atoms with Gasteiger partial charge in [-0.1, -0.05) is 84.4 Å². The second-order valence-corrected chi connectivity index (χ2v) is 7.30. The van der Waals surface area contributed by atoms with Crippen molar-refractivity contribution in [2.75, 3.05) is 0 Å². The van der Waals surface area contributed by atoms with E-state index < -0.39 is 0 Å². The number of aromatic amines is 1. The molecule has 0 fully saturated rings. The van der Waals surface area contributed by atoms with Crippen LogP contribution in [0.2, 0.25) is 0 Å². The highest BCUT2D eigenvalue weighted by molar-refractivity contribution is 6.09. The number of hydrogen-bond acceptors (Lipinski definition) is 3. The third-order valence-electron chi connectivity index (χ3n) is 5.23. The van der Waals surface area contributed by atoms with E-state index in [-0.39, 0.29) is 5.78 Å². The quantitative estimate of drug-likeness (QED) is 0.393. The van der Waals surface area contributed by atoms with E-state index in [0.29, 0.717) is 11.1 Å². The molecule has 1 N–H and O–H groups in total. The van der Waals surface area contributed by atoms with E-state index in [1.54, 1.807) is 0 Å². The molecular formula is C26H19N3O. The van der Waals surface area contributed by atoms with Gasteiger partial charge in [-0.25, -0.2) is 4.98 Å². The van der Waals surface area contributed by atoms with Crippen LogP contribution in [0.3, 0.4) is 0 Å². The Balaban J connectivity index is 1.45. The number of benzene rings is 3. The zero-order chi connectivity index (χ0) is 20.5. The van der Waals surface area contributed by atoms with Gasteiger partial charge in [0, 0.05) is 27.6 Å². The fraction of sp³-hybridized carbons (Fsp3) is 0.0385. The molecular weight excluding hydrogens is 370 g/mol. The van der Waals surface area contributed by atoms with Gasteiger partial charge >= 0.3 is 0 Å². The monoisotopic (exact) mass is 389 g/mol. The van der Waals surface area contributed by atoms with E-state index >= 15 is 0 Å². The van der Waals surface area contributed by atoms with Crippen LogP contribution < -0.4 is 0 Å². The Labute approximate surface area is 174 Å². The van der Waals surface area contributed by atoms with Crippen LogP contribution in [0.5, 0.6) is 0 Å². The molecule has 0 spiro atoms. The first kappa shape index (κ1) is 18.0. The molecule has 4 nitrogen and oxygen atoms in total. The van der Waals surface area contributed by atoms with Gasteiger partial charge in [0.1, 0.15) is 5.69 Å². The lowest BCUT2D eigenvalue weighted by molar-refractivity contribution is 0.103. The number of aryl methyl sites for hydroxylation is 1. The minimum atomic E-state index is 0.0156. The smallest absolute Gasteiger partial charge is 0.193 e. The van der Waals surface area contributed by atoms with E-state index in [9.17, 15) is 4.79 Å². The molecule has 0 bridgehead atoms. The van der Waals surface area contributed by atoms with Gasteiger partial charge in [-0.2, -0.15) is 5.10 Å². The van der Waals surface area contributed by atoms with Crippen molar-refractivity contribution < 1.29 is 4.79 Å². The van der Waals surface area contributed by atoms with Crippen molar-refractivity contribution in [2.45, 2.75) is 6.92 Å². The number of rotatable bonds is 4. The fourth-order valence-corrected chi connectivity index (χ4v) is 3.55. The molecule has 5 aromatic rings. The summed E-state index contributed by atoms with van der Waals surface area (Å²) in [5.41, 5.74) is 7.05. The average molecular weight is 389 g/mol. The predicted octanol–water partition coefficient (Wildman–Crippen LogP) is 5.83. The van der Waals surface area contributed by atoms with E-state index in [0.717, 1.165) is 33.5 Å². The molecule has 144 valence electrons.